The second-order valence-corrected chi connectivity index (χ2v) is 9.20. The van der Waals surface area contributed by atoms with E-state index in [0.29, 0.717) is 27.4 Å². The van der Waals surface area contributed by atoms with Gasteiger partial charge in [-0.15, -0.1) is 11.3 Å². The molecule has 0 amide bonds. The lowest BCUT2D eigenvalue weighted by Gasteiger charge is -2.09. The van der Waals surface area contributed by atoms with Gasteiger partial charge in [0, 0.05) is 47.1 Å². The van der Waals surface area contributed by atoms with Crippen LogP contribution in [0.25, 0.3) is 20.7 Å². The molecule has 0 fully saturated rings. The molecule has 0 unspecified atom stereocenters. The molecular formula is C24H24ClN3O3S. The summed E-state index contributed by atoms with van der Waals surface area (Å²) in [5.41, 5.74) is 3.97. The van der Waals surface area contributed by atoms with Crippen LogP contribution in [0.2, 0.25) is 5.02 Å². The van der Waals surface area contributed by atoms with Crippen molar-refractivity contribution >= 4 is 38.9 Å². The molecule has 3 heterocycles. The highest BCUT2D eigenvalue weighted by Gasteiger charge is 2.18. The van der Waals surface area contributed by atoms with Gasteiger partial charge >= 0.3 is 0 Å². The number of aromatic nitrogens is 3. The lowest BCUT2D eigenvalue weighted by atomic mass is 10.1. The van der Waals surface area contributed by atoms with E-state index in [1.165, 1.54) is 22.2 Å². The Labute approximate surface area is 195 Å². The Kier molecular flexibility index (Phi) is 6.60. The van der Waals surface area contributed by atoms with Gasteiger partial charge in [0.25, 0.3) is 5.56 Å². The minimum absolute atomic E-state index is 0.0433. The van der Waals surface area contributed by atoms with Crippen LogP contribution in [0.15, 0.2) is 47.5 Å². The van der Waals surface area contributed by atoms with Crippen LogP contribution in [0.1, 0.15) is 28.2 Å². The minimum Gasteiger partial charge on any atom is -0.385 e. The van der Waals surface area contributed by atoms with E-state index in [1.807, 2.05) is 50.2 Å². The van der Waals surface area contributed by atoms with Crippen LogP contribution in [0, 0.1) is 13.8 Å². The maximum atomic E-state index is 13.1. The van der Waals surface area contributed by atoms with Gasteiger partial charge in [-0.1, -0.05) is 23.7 Å². The van der Waals surface area contributed by atoms with Gasteiger partial charge in [0.15, 0.2) is 5.78 Å². The van der Waals surface area contributed by atoms with Crippen LogP contribution in [0.3, 0.4) is 0 Å². The van der Waals surface area contributed by atoms with Gasteiger partial charge in [-0.25, -0.2) is 4.98 Å². The first-order chi connectivity index (χ1) is 15.4. The average Bonchev–Trinajstić information content (AvgIpc) is 3.33. The van der Waals surface area contributed by atoms with Crippen molar-refractivity contribution in [3.8, 4) is 10.4 Å². The van der Waals surface area contributed by atoms with E-state index in [2.05, 4.69) is 9.55 Å². The summed E-state index contributed by atoms with van der Waals surface area (Å²) < 4.78 is 9.18. The third kappa shape index (κ3) is 4.41. The molecule has 0 spiro atoms. The second-order valence-electron chi connectivity index (χ2n) is 7.72. The SMILES string of the molecule is COCCCn1c(C)cc(C(=O)Cn2cnc3cc(-c4ccc(Cl)cc4)sc3c2=O)c1C. The van der Waals surface area contributed by atoms with Gasteiger partial charge in [0.05, 0.1) is 18.4 Å². The third-order valence-electron chi connectivity index (χ3n) is 5.55. The molecule has 0 N–H and O–H groups in total. The van der Waals surface area contributed by atoms with E-state index in [9.17, 15) is 9.59 Å². The Balaban J connectivity index is 1.60. The number of Topliss-reactive ketones (excluding diaryl/α,β-unsaturated/α-hetero) is 1. The molecule has 6 nitrogen and oxygen atoms in total. The molecule has 0 aliphatic heterocycles. The summed E-state index contributed by atoms with van der Waals surface area (Å²) in [6.07, 6.45) is 2.33. The second kappa shape index (κ2) is 9.40. The van der Waals surface area contributed by atoms with E-state index in [4.69, 9.17) is 16.3 Å². The zero-order valence-electron chi connectivity index (χ0n) is 18.2. The molecule has 8 heteroatoms. The molecule has 32 heavy (non-hydrogen) atoms. The molecular weight excluding hydrogens is 446 g/mol. The lowest BCUT2D eigenvalue weighted by molar-refractivity contribution is 0.0970. The number of ether oxygens (including phenoxy) is 1. The summed E-state index contributed by atoms with van der Waals surface area (Å²) in [6.45, 7) is 5.34. The van der Waals surface area contributed by atoms with Crippen molar-refractivity contribution < 1.29 is 9.53 Å². The fourth-order valence-corrected chi connectivity index (χ4v) is 5.04. The molecule has 0 bridgehead atoms. The van der Waals surface area contributed by atoms with Gasteiger partial charge in [-0.2, -0.15) is 0 Å². The summed E-state index contributed by atoms with van der Waals surface area (Å²) in [5.74, 6) is -0.103. The summed E-state index contributed by atoms with van der Waals surface area (Å²) in [6, 6.07) is 11.2. The molecule has 0 saturated heterocycles. The standard InChI is InChI=1S/C24H24ClN3O3S/c1-15-11-19(16(2)28(15)9-4-10-31-3)21(29)13-27-14-26-20-12-22(32-23(20)24(27)30)17-5-7-18(25)8-6-17/h5-8,11-12,14H,4,9-10,13H2,1-3H3. The van der Waals surface area contributed by atoms with Crippen molar-refractivity contribution in [2.45, 2.75) is 33.4 Å². The Morgan fingerprint density at radius 2 is 1.94 bits per heavy atom. The van der Waals surface area contributed by atoms with Gasteiger partial charge in [0.2, 0.25) is 0 Å². The number of benzene rings is 1. The highest BCUT2D eigenvalue weighted by molar-refractivity contribution is 7.22. The number of aryl methyl sites for hydroxylation is 1. The monoisotopic (exact) mass is 469 g/mol. The largest absolute Gasteiger partial charge is 0.385 e. The van der Waals surface area contributed by atoms with Crippen LogP contribution >= 0.6 is 22.9 Å². The first-order valence-corrected chi connectivity index (χ1v) is 11.5. The number of halogens is 1. The number of hydrogen-bond acceptors (Lipinski definition) is 5. The molecule has 3 aromatic heterocycles. The number of methoxy groups -OCH3 is 1. The minimum atomic E-state index is -0.206. The summed E-state index contributed by atoms with van der Waals surface area (Å²) in [7, 11) is 1.68. The molecule has 1 aromatic carbocycles. The van der Waals surface area contributed by atoms with E-state index < -0.39 is 0 Å². The maximum absolute atomic E-state index is 13.1. The van der Waals surface area contributed by atoms with Crippen LogP contribution in [-0.2, 0) is 17.8 Å². The number of hydrogen-bond donors (Lipinski definition) is 0. The average molecular weight is 470 g/mol. The fourth-order valence-electron chi connectivity index (χ4n) is 3.85. The number of carbonyl (C=O) groups excluding carboxylic acids is 1. The number of nitrogens with zero attached hydrogens (tertiary/aromatic N) is 3. The van der Waals surface area contributed by atoms with Crippen molar-refractivity contribution in [3.05, 3.63) is 75.1 Å². The van der Waals surface area contributed by atoms with Crippen molar-refractivity contribution in [3.63, 3.8) is 0 Å². The number of carbonyl (C=O) groups is 1. The highest BCUT2D eigenvalue weighted by Crippen LogP contribution is 2.31. The fraction of sp³-hybridized carbons (Fsp3) is 0.292. The highest BCUT2D eigenvalue weighted by atomic mass is 35.5. The summed E-state index contributed by atoms with van der Waals surface area (Å²) >= 11 is 7.35. The van der Waals surface area contributed by atoms with E-state index in [1.54, 1.807) is 7.11 Å². The molecule has 0 aliphatic carbocycles. The van der Waals surface area contributed by atoms with Crippen LogP contribution in [0.4, 0.5) is 0 Å². The van der Waals surface area contributed by atoms with Gasteiger partial charge < -0.3 is 9.30 Å². The van der Waals surface area contributed by atoms with Crippen molar-refractivity contribution in [1.29, 1.82) is 0 Å². The zero-order valence-corrected chi connectivity index (χ0v) is 19.8. The van der Waals surface area contributed by atoms with Gasteiger partial charge in [0.1, 0.15) is 4.70 Å². The smallest absolute Gasteiger partial charge is 0.271 e. The number of fused-ring (bicyclic) bond motifs is 1. The molecule has 0 saturated carbocycles. The van der Waals surface area contributed by atoms with E-state index >= 15 is 0 Å². The zero-order chi connectivity index (χ0) is 22.8. The Morgan fingerprint density at radius 1 is 1.19 bits per heavy atom. The topological polar surface area (TPSA) is 66.1 Å². The molecule has 0 atom stereocenters. The van der Waals surface area contributed by atoms with Crippen LogP contribution in [0.5, 0.6) is 0 Å². The van der Waals surface area contributed by atoms with Crippen molar-refractivity contribution in [2.75, 3.05) is 13.7 Å². The third-order valence-corrected chi connectivity index (χ3v) is 6.96. The van der Waals surface area contributed by atoms with E-state index in [0.717, 1.165) is 34.8 Å². The molecule has 4 rings (SSSR count). The predicted octanol–water partition coefficient (Wildman–Crippen LogP) is 5.12. The molecule has 166 valence electrons. The van der Waals surface area contributed by atoms with Crippen LogP contribution in [-0.4, -0.2) is 33.6 Å². The quantitative estimate of drug-likeness (QED) is 0.265. The lowest BCUT2D eigenvalue weighted by Crippen LogP contribution is -2.24. The van der Waals surface area contributed by atoms with Crippen LogP contribution < -0.4 is 5.56 Å². The number of rotatable bonds is 8. The summed E-state index contributed by atoms with van der Waals surface area (Å²) in [5, 5.41) is 0.659. The molecule has 0 aliphatic rings. The van der Waals surface area contributed by atoms with Crippen molar-refractivity contribution in [2.24, 2.45) is 0 Å². The number of ketones is 1. The van der Waals surface area contributed by atoms with Crippen molar-refractivity contribution in [1.82, 2.24) is 14.1 Å². The predicted molar refractivity (Wildman–Crippen MR) is 129 cm³/mol. The Bertz CT molecular complexity index is 1340. The maximum Gasteiger partial charge on any atom is 0.271 e. The first-order valence-electron chi connectivity index (χ1n) is 10.3. The molecule has 0 radical (unpaired) electrons. The van der Waals surface area contributed by atoms with E-state index in [-0.39, 0.29) is 17.9 Å². The normalized spacial score (nSPS) is 11.4. The van der Waals surface area contributed by atoms with Gasteiger partial charge in [-0.3, -0.25) is 14.2 Å². The molecule has 4 aromatic rings. The Morgan fingerprint density at radius 3 is 2.66 bits per heavy atom. The summed E-state index contributed by atoms with van der Waals surface area (Å²) in [4.78, 5) is 31.5. The number of thiophene rings is 1. The Hall–Kier alpha value is -2.74. The van der Waals surface area contributed by atoms with Gasteiger partial charge in [-0.05, 0) is 50.1 Å². The first kappa shape index (κ1) is 22.5.